The molecule has 0 radical (unpaired) electrons. The van der Waals surface area contributed by atoms with Gasteiger partial charge in [-0.1, -0.05) is 18.2 Å². The van der Waals surface area contributed by atoms with Gasteiger partial charge in [-0.2, -0.15) is 4.39 Å². The zero-order valence-corrected chi connectivity index (χ0v) is 20.3. The van der Waals surface area contributed by atoms with Gasteiger partial charge in [0.25, 0.3) is 5.91 Å². The Balaban J connectivity index is 1.78. The van der Waals surface area contributed by atoms with Gasteiger partial charge in [0.05, 0.1) is 18.2 Å². The molecule has 38 heavy (non-hydrogen) atoms. The third-order valence-electron chi connectivity index (χ3n) is 5.38. The predicted octanol–water partition coefficient (Wildman–Crippen LogP) is 5.23. The van der Waals surface area contributed by atoms with Gasteiger partial charge in [0.15, 0.2) is 11.6 Å². The fraction of sp³-hybridized carbons (Fsp3) is 0.115. The number of benzene rings is 3. The van der Waals surface area contributed by atoms with Crippen molar-refractivity contribution in [2.75, 3.05) is 31.4 Å². The van der Waals surface area contributed by atoms with Gasteiger partial charge in [0.1, 0.15) is 28.6 Å². The van der Waals surface area contributed by atoms with E-state index in [1.807, 2.05) is 0 Å². The first kappa shape index (κ1) is 26.1. The third-order valence-corrected chi connectivity index (χ3v) is 5.38. The molecule has 0 fully saturated rings. The summed E-state index contributed by atoms with van der Waals surface area (Å²) in [6, 6.07) is 11.8. The number of ether oxygens (including phenoxy) is 3. The van der Waals surface area contributed by atoms with Crippen molar-refractivity contribution in [1.82, 2.24) is 4.98 Å². The van der Waals surface area contributed by atoms with Gasteiger partial charge >= 0.3 is 6.09 Å². The van der Waals surface area contributed by atoms with Crippen molar-refractivity contribution in [2.24, 2.45) is 5.73 Å². The lowest BCUT2D eigenvalue weighted by Gasteiger charge is -2.22. The molecule has 0 unspecified atom stereocenters. The molecule has 1 heterocycles. The Morgan fingerprint density at radius 3 is 2.32 bits per heavy atom. The van der Waals surface area contributed by atoms with Crippen molar-refractivity contribution in [1.29, 1.82) is 0 Å². The Morgan fingerprint density at radius 1 is 0.974 bits per heavy atom. The summed E-state index contributed by atoms with van der Waals surface area (Å²) >= 11 is 0. The summed E-state index contributed by atoms with van der Waals surface area (Å²) in [7, 11) is 4.05. The number of primary amides is 1. The molecular formula is C26H21F3N4O5. The molecule has 4 rings (SSSR count). The van der Waals surface area contributed by atoms with Gasteiger partial charge in [-0.3, -0.25) is 15.1 Å². The number of para-hydroxylation sites is 1. The summed E-state index contributed by atoms with van der Waals surface area (Å²) in [6.45, 7) is 0. The Morgan fingerprint density at radius 2 is 1.68 bits per heavy atom. The first-order valence-electron chi connectivity index (χ1n) is 11.0. The summed E-state index contributed by atoms with van der Waals surface area (Å²) in [6.07, 6.45) is 0.119. The van der Waals surface area contributed by atoms with Gasteiger partial charge in [-0.15, -0.1) is 0 Å². The molecule has 196 valence electrons. The molecule has 0 aliphatic heterocycles. The topological polar surface area (TPSA) is 116 Å². The lowest BCUT2D eigenvalue weighted by atomic mass is 10.1. The Labute approximate surface area is 214 Å². The molecule has 4 aromatic rings. The molecule has 0 aliphatic carbocycles. The van der Waals surface area contributed by atoms with Crippen molar-refractivity contribution in [2.45, 2.75) is 0 Å². The van der Waals surface area contributed by atoms with E-state index >= 15 is 13.2 Å². The van der Waals surface area contributed by atoms with Crippen molar-refractivity contribution in [3.8, 4) is 23.0 Å². The third kappa shape index (κ3) is 4.96. The number of nitrogens with one attached hydrogen (secondary N) is 1. The standard InChI is InChI=1S/C26H21F3N4O5/c1-33(2)23-21(29)24(20(28)19(27)22(23)32-26(35)37-13-7-5-4-6-8-13)38-17-9-10-31-16-12-18(36-3)15(25(30)34)11-14(16)17/h4-12H,1-3H3,(H2,30,34)(H,32,35). The number of nitrogens with zero attached hydrogens (tertiary/aromatic N) is 2. The number of methoxy groups -OCH3 is 1. The van der Waals surface area contributed by atoms with Crippen LogP contribution in [0.2, 0.25) is 0 Å². The molecule has 0 spiro atoms. The number of carbonyl (C=O) groups is 2. The second kappa shape index (κ2) is 10.5. The molecular weight excluding hydrogens is 505 g/mol. The first-order valence-corrected chi connectivity index (χ1v) is 11.0. The second-order valence-corrected chi connectivity index (χ2v) is 8.06. The maximum Gasteiger partial charge on any atom is 0.417 e. The second-order valence-electron chi connectivity index (χ2n) is 8.06. The van der Waals surface area contributed by atoms with E-state index in [1.165, 1.54) is 57.7 Å². The summed E-state index contributed by atoms with van der Waals surface area (Å²) in [5, 5.41) is 2.21. The van der Waals surface area contributed by atoms with Crippen LogP contribution in [0.15, 0.2) is 54.7 Å². The van der Waals surface area contributed by atoms with Crippen LogP contribution < -0.4 is 30.2 Å². The Bertz CT molecular complexity index is 1550. The summed E-state index contributed by atoms with van der Waals surface area (Å²) in [4.78, 5) is 29.5. The van der Waals surface area contributed by atoms with Gasteiger partial charge < -0.3 is 24.8 Å². The van der Waals surface area contributed by atoms with Crippen molar-refractivity contribution in [3.05, 3.63) is 77.7 Å². The van der Waals surface area contributed by atoms with Crippen molar-refractivity contribution >= 4 is 34.3 Å². The Hall–Kier alpha value is -5.00. The number of nitrogens with two attached hydrogens (primary N) is 1. The van der Waals surface area contributed by atoms with E-state index in [0.29, 0.717) is 0 Å². The van der Waals surface area contributed by atoms with E-state index < -0.39 is 46.6 Å². The van der Waals surface area contributed by atoms with E-state index in [2.05, 4.69) is 10.3 Å². The quantitative estimate of drug-likeness (QED) is 0.317. The van der Waals surface area contributed by atoms with Crippen LogP contribution in [0.1, 0.15) is 10.4 Å². The molecule has 0 saturated carbocycles. The van der Waals surface area contributed by atoms with Crippen molar-refractivity contribution in [3.63, 3.8) is 0 Å². The minimum absolute atomic E-state index is 0.0320. The number of rotatable bonds is 7. The van der Waals surface area contributed by atoms with Crippen LogP contribution >= 0.6 is 0 Å². The number of pyridine rings is 1. The molecule has 12 heteroatoms. The SMILES string of the molecule is COc1cc2nccc(Oc3c(F)c(F)c(NC(=O)Oc4ccccc4)c(N(C)C)c3F)c2cc1C(N)=O. The highest BCUT2D eigenvalue weighted by Gasteiger charge is 2.30. The molecule has 0 bridgehead atoms. The van der Waals surface area contributed by atoms with Gasteiger partial charge in [-0.05, 0) is 24.3 Å². The average molecular weight is 526 g/mol. The average Bonchev–Trinajstić information content (AvgIpc) is 2.89. The zero-order chi connectivity index (χ0) is 27.6. The normalized spacial score (nSPS) is 10.7. The Kier molecular flexibility index (Phi) is 7.24. The van der Waals surface area contributed by atoms with E-state index in [0.717, 1.165) is 4.90 Å². The first-order chi connectivity index (χ1) is 18.1. The molecule has 3 N–H and O–H groups in total. The molecule has 0 aliphatic rings. The minimum atomic E-state index is -1.71. The molecule has 0 saturated heterocycles. The summed E-state index contributed by atoms with van der Waals surface area (Å²) in [5.74, 6) is -6.40. The number of aromatic nitrogens is 1. The number of hydrogen-bond donors (Lipinski definition) is 2. The van der Waals surface area contributed by atoms with E-state index in [4.69, 9.17) is 19.9 Å². The fourth-order valence-corrected chi connectivity index (χ4v) is 3.68. The molecule has 1 aromatic heterocycles. The maximum absolute atomic E-state index is 15.6. The molecule has 3 aromatic carbocycles. The van der Waals surface area contributed by atoms with Gasteiger partial charge in [-0.25, -0.2) is 13.6 Å². The summed E-state index contributed by atoms with van der Waals surface area (Å²) < 4.78 is 61.8. The number of halogens is 3. The van der Waals surface area contributed by atoms with E-state index in [9.17, 15) is 9.59 Å². The van der Waals surface area contributed by atoms with Crippen LogP contribution in [0.5, 0.6) is 23.0 Å². The minimum Gasteiger partial charge on any atom is -0.496 e. The number of hydrogen-bond acceptors (Lipinski definition) is 7. The van der Waals surface area contributed by atoms with Crippen molar-refractivity contribution < 1.29 is 37.0 Å². The van der Waals surface area contributed by atoms with E-state index in [1.54, 1.807) is 18.2 Å². The fourth-order valence-electron chi connectivity index (χ4n) is 3.68. The van der Waals surface area contributed by atoms with E-state index in [-0.39, 0.29) is 33.7 Å². The number of amides is 2. The lowest BCUT2D eigenvalue weighted by molar-refractivity contribution is 0.0997. The van der Waals surface area contributed by atoms with Crippen LogP contribution in [0.4, 0.5) is 29.3 Å². The van der Waals surface area contributed by atoms with Gasteiger partial charge in [0, 0.05) is 31.7 Å². The number of anilines is 2. The highest BCUT2D eigenvalue weighted by Crippen LogP contribution is 2.42. The highest BCUT2D eigenvalue weighted by atomic mass is 19.2. The van der Waals surface area contributed by atoms with Crippen LogP contribution in [-0.4, -0.2) is 38.2 Å². The smallest absolute Gasteiger partial charge is 0.417 e. The molecule has 0 atom stereocenters. The summed E-state index contributed by atoms with van der Waals surface area (Å²) in [5.41, 5.74) is 4.32. The largest absolute Gasteiger partial charge is 0.496 e. The number of fused-ring (bicyclic) bond motifs is 1. The number of carbonyl (C=O) groups excluding carboxylic acids is 2. The zero-order valence-electron chi connectivity index (χ0n) is 20.3. The van der Waals surface area contributed by atoms with Crippen LogP contribution in [0.3, 0.4) is 0 Å². The van der Waals surface area contributed by atoms with Crippen LogP contribution in [-0.2, 0) is 0 Å². The van der Waals surface area contributed by atoms with Crippen LogP contribution in [0.25, 0.3) is 10.9 Å². The highest BCUT2D eigenvalue weighted by molar-refractivity contribution is 6.01. The predicted molar refractivity (Wildman–Crippen MR) is 134 cm³/mol. The van der Waals surface area contributed by atoms with Crippen LogP contribution in [0, 0.1) is 17.5 Å². The molecule has 2 amide bonds. The lowest BCUT2D eigenvalue weighted by Crippen LogP contribution is -2.22. The maximum atomic E-state index is 15.6. The monoisotopic (exact) mass is 526 g/mol. The molecule has 9 nitrogen and oxygen atoms in total. The van der Waals surface area contributed by atoms with Gasteiger partial charge in [0.2, 0.25) is 11.6 Å².